The van der Waals surface area contributed by atoms with E-state index < -0.39 is 41.1 Å². The van der Waals surface area contributed by atoms with Gasteiger partial charge in [0.05, 0.1) is 23.7 Å². The van der Waals surface area contributed by atoms with Gasteiger partial charge >= 0.3 is 11.9 Å². The number of benzene rings is 1. The number of ether oxygens (including phenoxy) is 3. The first kappa shape index (κ1) is 23.2. The molecule has 3 aliphatic carbocycles. The molecule has 2 heterocycles. The number of methoxy groups -OCH3 is 1. The molecular formula is C28H28O8. The number of rotatable bonds is 4. The first-order chi connectivity index (χ1) is 17.2. The van der Waals surface area contributed by atoms with Crippen LogP contribution in [0.4, 0.5) is 0 Å². The van der Waals surface area contributed by atoms with Crippen LogP contribution in [-0.4, -0.2) is 54.9 Å². The number of fused-ring (bicyclic) bond motifs is 3. The molecule has 1 aliphatic heterocycles. The third-order valence-electron chi connectivity index (χ3n) is 8.86. The van der Waals surface area contributed by atoms with Crippen molar-refractivity contribution in [2.45, 2.75) is 56.8 Å². The average Bonchev–Trinajstić information content (AvgIpc) is 3.44. The van der Waals surface area contributed by atoms with Crippen molar-refractivity contribution in [2.75, 3.05) is 13.7 Å². The summed E-state index contributed by atoms with van der Waals surface area (Å²) in [6.45, 7) is 3.96. The molecule has 2 aromatic rings. The van der Waals surface area contributed by atoms with Gasteiger partial charge in [-0.2, -0.15) is 0 Å². The number of hydrogen-bond donors (Lipinski definition) is 1. The summed E-state index contributed by atoms with van der Waals surface area (Å²) in [5.41, 5.74) is 0.563. The van der Waals surface area contributed by atoms with Crippen LogP contribution in [0.1, 0.15) is 69.9 Å². The SMILES string of the molecule is COC[C@H]1OC(=O)c2coc3c2[C@@]1(C)C1=C(C3=O)[C@@H]2CC[C@H](OC(=O)c3ccccc3)[C@@]2(C)C[C@H]1O. The summed E-state index contributed by atoms with van der Waals surface area (Å²) in [4.78, 5) is 39.4. The summed E-state index contributed by atoms with van der Waals surface area (Å²) in [6.07, 6.45) is 0.570. The Morgan fingerprint density at radius 3 is 2.64 bits per heavy atom. The molecule has 0 saturated heterocycles. The van der Waals surface area contributed by atoms with Crippen molar-refractivity contribution < 1.29 is 38.1 Å². The third-order valence-corrected chi connectivity index (χ3v) is 8.86. The van der Waals surface area contributed by atoms with Crippen molar-refractivity contribution in [3.05, 3.63) is 70.2 Å². The number of carbonyl (C=O) groups is 3. The van der Waals surface area contributed by atoms with Gasteiger partial charge in [0.1, 0.15) is 24.0 Å². The molecule has 0 spiro atoms. The molecule has 8 heteroatoms. The zero-order valence-electron chi connectivity index (χ0n) is 20.4. The normalized spacial score (nSPS) is 34.6. The van der Waals surface area contributed by atoms with Gasteiger partial charge in [-0.25, -0.2) is 9.59 Å². The summed E-state index contributed by atoms with van der Waals surface area (Å²) in [7, 11) is 1.52. The Kier molecular flexibility index (Phi) is 5.08. The van der Waals surface area contributed by atoms with E-state index in [-0.39, 0.29) is 29.6 Å². The maximum absolute atomic E-state index is 13.9. The summed E-state index contributed by atoms with van der Waals surface area (Å²) in [5.74, 6) is -1.45. The predicted octanol–water partition coefficient (Wildman–Crippen LogP) is 3.62. The Labute approximate surface area is 208 Å². The quantitative estimate of drug-likeness (QED) is 0.644. The Bertz CT molecular complexity index is 1310. The lowest BCUT2D eigenvalue weighted by Gasteiger charge is -2.52. The van der Waals surface area contributed by atoms with E-state index in [4.69, 9.17) is 18.6 Å². The Morgan fingerprint density at radius 2 is 1.92 bits per heavy atom. The van der Waals surface area contributed by atoms with Crippen molar-refractivity contribution in [3.8, 4) is 0 Å². The van der Waals surface area contributed by atoms with Gasteiger partial charge in [0.15, 0.2) is 5.76 Å². The Morgan fingerprint density at radius 1 is 1.17 bits per heavy atom. The maximum atomic E-state index is 13.9. The average molecular weight is 493 g/mol. The van der Waals surface area contributed by atoms with Gasteiger partial charge in [0.25, 0.3) is 0 Å². The molecule has 6 rings (SSSR count). The molecule has 0 radical (unpaired) electrons. The van der Waals surface area contributed by atoms with Crippen LogP contribution in [0.15, 0.2) is 52.2 Å². The van der Waals surface area contributed by atoms with Gasteiger partial charge in [0, 0.05) is 23.7 Å². The van der Waals surface area contributed by atoms with Gasteiger partial charge in [-0.15, -0.1) is 0 Å². The molecule has 0 amide bonds. The predicted molar refractivity (Wildman–Crippen MR) is 126 cm³/mol. The van der Waals surface area contributed by atoms with Gasteiger partial charge in [0.2, 0.25) is 5.78 Å². The van der Waals surface area contributed by atoms with Crippen LogP contribution < -0.4 is 0 Å². The number of aliphatic hydroxyl groups excluding tert-OH is 1. The van der Waals surface area contributed by atoms with Gasteiger partial charge in [-0.3, -0.25) is 4.79 Å². The van der Waals surface area contributed by atoms with E-state index in [0.717, 1.165) is 0 Å². The molecule has 36 heavy (non-hydrogen) atoms. The van der Waals surface area contributed by atoms with Crippen LogP contribution >= 0.6 is 0 Å². The summed E-state index contributed by atoms with van der Waals surface area (Å²) in [5, 5.41) is 11.6. The first-order valence-corrected chi connectivity index (χ1v) is 12.3. The van der Waals surface area contributed by atoms with E-state index in [2.05, 4.69) is 0 Å². The lowest BCUT2D eigenvalue weighted by molar-refractivity contribution is -0.0451. The zero-order valence-corrected chi connectivity index (χ0v) is 20.4. The second-order valence-electron chi connectivity index (χ2n) is 10.7. The molecular weight excluding hydrogens is 464 g/mol. The Hall–Kier alpha value is -3.23. The fourth-order valence-corrected chi connectivity index (χ4v) is 7.15. The Balaban J connectivity index is 1.44. The molecule has 6 atom stereocenters. The van der Waals surface area contributed by atoms with Crippen LogP contribution in [0.5, 0.6) is 0 Å². The number of esters is 2. The minimum absolute atomic E-state index is 0.100. The number of cyclic esters (lactones) is 1. The molecule has 4 aliphatic rings. The number of hydrogen-bond acceptors (Lipinski definition) is 8. The van der Waals surface area contributed by atoms with Gasteiger partial charge in [-0.05, 0) is 49.8 Å². The van der Waals surface area contributed by atoms with E-state index in [1.165, 1.54) is 13.4 Å². The lowest BCUT2D eigenvalue weighted by atomic mass is 9.54. The van der Waals surface area contributed by atoms with E-state index in [1.807, 2.05) is 19.9 Å². The lowest BCUT2D eigenvalue weighted by Crippen LogP contribution is -2.57. The number of carbonyl (C=O) groups excluding carboxylic acids is 3. The van der Waals surface area contributed by atoms with Crippen molar-refractivity contribution in [1.82, 2.24) is 0 Å². The van der Waals surface area contributed by atoms with Crippen molar-refractivity contribution in [2.24, 2.45) is 11.3 Å². The maximum Gasteiger partial charge on any atom is 0.342 e. The summed E-state index contributed by atoms with van der Waals surface area (Å²) in [6, 6.07) is 8.80. The molecule has 188 valence electrons. The second-order valence-corrected chi connectivity index (χ2v) is 10.7. The molecule has 1 aromatic carbocycles. The summed E-state index contributed by atoms with van der Waals surface area (Å²) < 4.78 is 22.8. The first-order valence-electron chi connectivity index (χ1n) is 12.3. The minimum Gasteiger partial charge on any atom is -0.460 e. The number of Topliss-reactive ketones (excluding diaryl/α,β-unsaturated/α-hetero) is 1. The molecule has 1 aromatic heterocycles. The van der Waals surface area contributed by atoms with Crippen molar-refractivity contribution >= 4 is 17.7 Å². The number of allylic oxidation sites excluding steroid dienone is 1. The van der Waals surface area contributed by atoms with E-state index in [1.54, 1.807) is 24.3 Å². The van der Waals surface area contributed by atoms with Crippen LogP contribution in [-0.2, 0) is 19.6 Å². The molecule has 1 saturated carbocycles. The van der Waals surface area contributed by atoms with Crippen LogP contribution in [0.3, 0.4) is 0 Å². The highest BCUT2D eigenvalue weighted by atomic mass is 16.6. The van der Waals surface area contributed by atoms with E-state index in [9.17, 15) is 19.5 Å². The van der Waals surface area contributed by atoms with Gasteiger partial charge < -0.3 is 23.7 Å². The molecule has 0 bridgehead atoms. The zero-order chi connectivity index (χ0) is 25.4. The fraction of sp³-hybridized carbons (Fsp3) is 0.464. The highest BCUT2D eigenvalue weighted by Gasteiger charge is 2.64. The number of ketones is 1. The van der Waals surface area contributed by atoms with Crippen LogP contribution in [0.25, 0.3) is 0 Å². The van der Waals surface area contributed by atoms with Crippen molar-refractivity contribution in [3.63, 3.8) is 0 Å². The number of aliphatic hydroxyl groups is 1. The third kappa shape index (κ3) is 2.91. The van der Waals surface area contributed by atoms with Crippen molar-refractivity contribution in [1.29, 1.82) is 0 Å². The minimum atomic E-state index is -1.00. The van der Waals surface area contributed by atoms with Gasteiger partial charge in [-0.1, -0.05) is 25.1 Å². The fourth-order valence-electron chi connectivity index (χ4n) is 7.15. The molecule has 8 nitrogen and oxygen atoms in total. The number of furan rings is 1. The molecule has 1 fully saturated rings. The smallest absolute Gasteiger partial charge is 0.342 e. The highest BCUT2D eigenvalue weighted by Crippen LogP contribution is 2.62. The summed E-state index contributed by atoms with van der Waals surface area (Å²) >= 11 is 0. The van der Waals surface area contributed by atoms with Crippen LogP contribution in [0.2, 0.25) is 0 Å². The largest absolute Gasteiger partial charge is 0.460 e. The monoisotopic (exact) mass is 492 g/mol. The molecule has 1 N–H and O–H groups in total. The standard InChI is InChI=1S/C28H28O8/c1-27-11-17(29)22-20(16(27)9-10-18(27)35-25(31)14-7-5-4-6-8-14)23(30)24-21-15(12-34-24)26(32)36-19(13-33-3)28(21,22)2/h4-8,12,16-19,29H,9-11,13H2,1-3H3/t16-,17+,18-,19+,27-,28-/m0/s1. The molecule has 0 unspecified atom stereocenters. The second kappa shape index (κ2) is 7.88. The van der Waals surface area contributed by atoms with E-state index in [0.29, 0.717) is 41.5 Å². The van der Waals surface area contributed by atoms with E-state index >= 15 is 0 Å². The topological polar surface area (TPSA) is 112 Å². The van der Waals surface area contributed by atoms with Crippen LogP contribution in [0, 0.1) is 11.3 Å². The highest BCUT2D eigenvalue weighted by molar-refractivity contribution is 6.13.